The number of pyridine rings is 1. The summed E-state index contributed by atoms with van der Waals surface area (Å²) < 4.78 is 5.18. The van der Waals surface area contributed by atoms with Gasteiger partial charge >= 0.3 is 0 Å². The van der Waals surface area contributed by atoms with Crippen molar-refractivity contribution in [2.75, 3.05) is 5.73 Å². The highest BCUT2D eigenvalue weighted by atomic mass is 16.5. The van der Waals surface area contributed by atoms with Crippen LogP contribution in [0.4, 0.5) is 5.69 Å². The van der Waals surface area contributed by atoms with E-state index >= 15 is 0 Å². The van der Waals surface area contributed by atoms with Crippen molar-refractivity contribution in [3.05, 3.63) is 60.6 Å². The Morgan fingerprint density at radius 1 is 0.958 bits per heavy atom. The van der Waals surface area contributed by atoms with E-state index in [1.165, 1.54) is 0 Å². The third kappa shape index (κ3) is 2.60. The molecule has 5 nitrogen and oxygen atoms in total. The fourth-order valence-electron chi connectivity index (χ4n) is 2.62. The second kappa shape index (κ2) is 5.77. The second-order valence-corrected chi connectivity index (χ2v) is 5.62. The maximum Gasteiger partial charge on any atom is 0.226 e. The number of anilines is 1. The molecule has 0 saturated carbocycles. The van der Waals surface area contributed by atoms with Gasteiger partial charge in [0.15, 0.2) is 0 Å². The van der Waals surface area contributed by atoms with E-state index < -0.39 is 0 Å². The van der Waals surface area contributed by atoms with Gasteiger partial charge in [-0.1, -0.05) is 30.3 Å². The smallest absolute Gasteiger partial charge is 0.226 e. The summed E-state index contributed by atoms with van der Waals surface area (Å²) in [5, 5.41) is 5.05. The predicted octanol–water partition coefficient (Wildman–Crippen LogP) is 4.10. The van der Waals surface area contributed by atoms with Crippen molar-refractivity contribution >= 4 is 16.6 Å². The van der Waals surface area contributed by atoms with Gasteiger partial charge < -0.3 is 10.3 Å². The van der Waals surface area contributed by atoms with Crippen molar-refractivity contribution < 1.29 is 4.52 Å². The molecule has 2 N–H and O–H groups in total. The molecule has 0 fully saturated rings. The van der Waals surface area contributed by atoms with Gasteiger partial charge in [-0.3, -0.25) is 4.98 Å². The molecule has 2 heterocycles. The number of benzene rings is 2. The molecule has 24 heavy (non-hydrogen) atoms. The fraction of sp³-hybridized carbons (Fsp3) is 0.105. The van der Waals surface area contributed by atoms with Crippen molar-refractivity contribution in [1.29, 1.82) is 0 Å². The van der Waals surface area contributed by atoms with E-state index in [1.807, 2.05) is 43.3 Å². The zero-order chi connectivity index (χ0) is 16.5. The van der Waals surface area contributed by atoms with Crippen molar-refractivity contribution in [3.8, 4) is 22.5 Å². The molecule has 0 bridgehead atoms. The van der Waals surface area contributed by atoms with E-state index in [0.717, 1.165) is 39.7 Å². The molecule has 2 aromatic heterocycles. The highest BCUT2D eigenvalue weighted by Crippen LogP contribution is 2.26. The van der Waals surface area contributed by atoms with Crippen LogP contribution < -0.4 is 5.73 Å². The third-order valence-electron chi connectivity index (χ3n) is 3.95. The average molecular weight is 316 g/mol. The highest BCUT2D eigenvalue weighted by molar-refractivity contribution is 5.87. The standard InChI is InChI=1S/C19H16N4O/c1-2-18-22-19(23-24-18)15-10-14-9-13(5-8-17(14)21-11-15)12-3-6-16(20)7-4-12/h3-11H,2,20H2,1H3. The number of nitrogens with zero attached hydrogens (tertiary/aromatic N) is 3. The van der Waals surface area contributed by atoms with Crippen LogP contribution in [0.25, 0.3) is 33.4 Å². The van der Waals surface area contributed by atoms with Gasteiger partial charge in [-0.15, -0.1) is 0 Å². The molecule has 0 atom stereocenters. The van der Waals surface area contributed by atoms with E-state index in [-0.39, 0.29) is 0 Å². The summed E-state index contributed by atoms with van der Waals surface area (Å²) in [4.78, 5) is 8.86. The van der Waals surface area contributed by atoms with Crippen molar-refractivity contribution in [2.24, 2.45) is 0 Å². The summed E-state index contributed by atoms with van der Waals surface area (Å²) in [6.45, 7) is 1.98. The minimum absolute atomic E-state index is 0.569. The number of hydrogen-bond acceptors (Lipinski definition) is 5. The summed E-state index contributed by atoms with van der Waals surface area (Å²) in [7, 11) is 0. The Hall–Kier alpha value is -3.21. The summed E-state index contributed by atoms with van der Waals surface area (Å²) in [6, 6.07) is 16.1. The van der Waals surface area contributed by atoms with Gasteiger partial charge in [-0.2, -0.15) is 4.98 Å². The Kier molecular flexibility index (Phi) is 3.46. The van der Waals surface area contributed by atoms with Crippen LogP contribution in [0.15, 0.2) is 59.3 Å². The van der Waals surface area contributed by atoms with Crippen molar-refractivity contribution in [2.45, 2.75) is 13.3 Å². The Labute approximate surface area is 139 Å². The number of nitrogen functional groups attached to an aromatic ring is 1. The summed E-state index contributed by atoms with van der Waals surface area (Å²) >= 11 is 0. The van der Waals surface area contributed by atoms with Crippen molar-refractivity contribution in [3.63, 3.8) is 0 Å². The number of aromatic nitrogens is 3. The van der Waals surface area contributed by atoms with Crippen LogP contribution in [0, 0.1) is 0 Å². The van der Waals surface area contributed by atoms with Gasteiger partial charge in [0, 0.05) is 29.3 Å². The zero-order valence-corrected chi connectivity index (χ0v) is 13.2. The van der Waals surface area contributed by atoms with Gasteiger partial charge in [0.05, 0.1) is 5.52 Å². The SMILES string of the molecule is CCc1nc(-c2cnc3ccc(-c4ccc(N)cc4)cc3c2)no1. The number of aryl methyl sites for hydroxylation is 1. The molecule has 0 amide bonds. The number of nitrogens with two attached hydrogens (primary N) is 1. The summed E-state index contributed by atoms with van der Waals surface area (Å²) in [5.74, 6) is 1.19. The van der Waals surface area contributed by atoms with Gasteiger partial charge in [0.1, 0.15) is 0 Å². The molecule has 5 heteroatoms. The van der Waals surface area contributed by atoms with E-state index in [4.69, 9.17) is 10.3 Å². The van der Waals surface area contributed by atoms with Crippen LogP contribution in [0.5, 0.6) is 0 Å². The summed E-state index contributed by atoms with van der Waals surface area (Å²) in [6.07, 6.45) is 2.49. The lowest BCUT2D eigenvalue weighted by molar-refractivity contribution is 0.383. The first-order valence-corrected chi connectivity index (χ1v) is 7.81. The van der Waals surface area contributed by atoms with Crippen LogP contribution in [-0.4, -0.2) is 15.1 Å². The third-order valence-corrected chi connectivity index (χ3v) is 3.95. The molecule has 118 valence electrons. The Morgan fingerprint density at radius 2 is 1.71 bits per heavy atom. The Morgan fingerprint density at radius 3 is 2.46 bits per heavy atom. The van der Waals surface area contributed by atoms with Crippen LogP contribution in [-0.2, 0) is 6.42 Å². The van der Waals surface area contributed by atoms with Crippen LogP contribution in [0.2, 0.25) is 0 Å². The molecule has 0 saturated heterocycles. The largest absolute Gasteiger partial charge is 0.399 e. The van der Waals surface area contributed by atoms with Crippen LogP contribution in [0.1, 0.15) is 12.8 Å². The maximum absolute atomic E-state index is 5.76. The first-order chi connectivity index (χ1) is 11.7. The molecule has 2 aromatic carbocycles. The summed E-state index contributed by atoms with van der Waals surface area (Å²) in [5.41, 5.74) is 10.5. The van der Waals surface area contributed by atoms with Crippen LogP contribution >= 0.6 is 0 Å². The molecule has 0 radical (unpaired) electrons. The molecular formula is C19H16N4O. The van der Waals surface area contributed by atoms with E-state index in [1.54, 1.807) is 6.20 Å². The highest BCUT2D eigenvalue weighted by Gasteiger charge is 2.09. The topological polar surface area (TPSA) is 77.8 Å². The minimum atomic E-state index is 0.569. The molecule has 4 aromatic rings. The van der Waals surface area contributed by atoms with E-state index in [0.29, 0.717) is 11.7 Å². The van der Waals surface area contributed by atoms with Crippen molar-refractivity contribution in [1.82, 2.24) is 15.1 Å². The molecular weight excluding hydrogens is 300 g/mol. The van der Waals surface area contributed by atoms with E-state index in [2.05, 4.69) is 27.3 Å². The van der Waals surface area contributed by atoms with Crippen LogP contribution in [0.3, 0.4) is 0 Å². The first kappa shape index (κ1) is 14.4. The molecule has 0 spiro atoms. The molecule has 0 aliphatic heterocycles. The quantitative estimate of drug-likeness (QED) is 0.576. The molecule has 0 aliphatic carbocycles. The zero-order valence-electron chi connectivity index (χ0n) is 13.2. The second-order valence-electron chi connectivity index (χ2n) is 5.62. The lowest BCUT2D eigenvalue weighted by atomic mass is 10.0. The predicted molar refractivity (Wildman–Crippen MR) is 94.3 cm³/mol. The Balaban J connectivity index is 1.78. The van der Waals surface area contributed by atoms with Gasteiger partial charge in [0.2, 0.25) is 11.7 Å². The minimum Gasteiger partial charge on any atom is -0.399 e. The Bertz CT molecular complexity index is 1010. The first-order valence-electron chi connectivity index (χ1n) is 7.81. The van der Waals surface area contributed by atoms with E-state index in [9.17, 15) is 0 Å². The average Bonchev–Trinajstić information content (AvgIpc) is 3.11. The monoisotopic (exact) mass is 316 g/mol. The van der Waals surface area contributed by atoms with Gasteiger partial charge in [0.25, 0.3) is 0 Å². The fourth-order valence-corrected chi connectivity index (χ4v) is 2.62. The maximum atomic E-state index is 5.76. The normalized spacial score (nSPS) is 11.0. The number of rotatable bonds is 3. The lowest BCUT2D eigenvalue weighted by Gasteiger charge is -2.05. The van der Waals surface area contributed by atoms with Gasteiger partial charge in [-0.05, 0) is 41.5 Å². The van der Waals surface area contributed by atoms with Gasteiger partial charge in [-0.25, -0.2) is 0 Å². The molecule has 0 aliphatic rings. The number of hydrogen-bond donors (Lipinski definition) is 1. The number of fused-ring (bicyclic) bond motifs is 1. The molecule has 0 unspecified atom stereocenters. The molecule has 4 rings (SSSR count). The lowest BCUT2D eigenvalue weighted by Crippen LogP contribution is -1.87.